The summed E-state index contributed by atoms with van der Waals surface area (Å²) in [6.07, 6.45) is -4.77. The van der Waals surface area contributed by atoms with Gasteiger partial charge in [0.25, 0.3) is 11.6 Å². The summed E-state index contributed by atoms with van der Waals surface area (Å²) in [7, 11) is 0. The Bertz CT molecular complexity index is 1180. The molecule has 1 N–H and O–H groups in total. The molecule has 0 saturated heterocycles. The maximum Gasteiger partial charge on any atom is 0.435 e. The van der Waals surface area contributed by atoms with Gasteiger partial charge in [-0.2, -0.15) is 18.3 Å². The van der Waals surface area contributed by atoms with Crippen molar-refractivity contribution in [3.8, 4) is 11.3 Å². The van der Waals surface area contributed by atoms with Gasteiger partial charge in [0.1, 0.15) is 17.3 Å². The van der Waals surface area contributed by atoms with Gasteiger partial charge < -0.3 is 5.32 Å². The fourth-order valence-corrected chi connectivity index (χ4v) is 2.97. The minimum absolute atomic E-state index is 0.175. The lowest BCUT2D eigenvalue weighted by molar-refractivity contribution is -0.384. The molecule has 0 saturated carbocycles. The number of para-hydroxylation sites is 1. The van der Waals surface area contributed by atoms with Gasteiger partial charge in [-0.15, -0.1) is 0 Å². The van der Waals surface area contributed by atoms with Crippen LogP contribution in [0.5, 0.6) is 0 Å². The number of nitro groups is 1. The van der Waals surface area contributed by atoms with E-state index in [0.29, 0.717) is 6.07 Å². The van der Waals surface area contributed by atoms with Crippen LogP contribution >= 0.6 is 0 Å². The van der Waals surface area contributed by atoms with Crippen LogP contribution in [-0.2, 0) is 6.18 Å². The smallest absolute Gasteiger partial charge is 0.317 e. The molecular formula is C20H15F5N4O3. The van der Waals surface area contributed by atoms with Gasteiger partial charge in [0.05, 0.1) is 16.2 Å². The molecule has 0 aliphatic carbocycles. The molecule has 3 rings (SSSR count). The number of nitro benzene ring substituents is 1. The van der Waals surface area contributed by atoms with Crippen LogP contribution in [0, 0.1) is 21.7 Å². The monoisotopic (exact) mass is 454 g/mol. The summed E-state index contributed by atoms with van der Waals surface area (Å²) in [5.74, 6) is -3.15. The molecule has 0 bridgehead atoms. The van der Waals surface area contributed by atoms with E-state index in [0.717, 1.165) is 41.1 Å². The summed E-state index contributed by atoms with van der Waals surface area (Å²) in [6, 6.07) is 6.03. The first-order valence-corrected chi connectivity index (χ1v) is 9.11. The third kappa shape index (κ3) is 4.43. The maximum atomic E-state index is 13.8. The number of hydrogen-bond acceptors (Lipinski definition) is 4. The number of hydrogen-bond donors (Lipinski definition) is 1. The zero-order chi connectivity index (χ0) is 23.8. The van der Waals surface area contributed by atoms with E-state index < -0.39 is 51.8 Å². The number of halogens is 5. The highest BCUT2D eigenvalue weighted by Gasteiger charge is 2.36. The molecule has 3 aromatic rings. The largest absolute Gasteiger partial charge is 0.435 e. The van der Waals surface area contributed by atoms with Crippen molar-refractivity contribution < 1.29 is 31.7 Å². The number of nitrogens with one attached hydrogen (secondary N) is 1. The number of carbonyl (C=O) groups is 1. The average Bonchev–Trinajstić information content (AvgIpc) is 3.16. The van der Waals surface area contributed by atoms with E-state index in [1.54, 1.807) is 13.8 Å². The molecule has 0 radical (unpaired) electrons. The van der Waals surface area contributed by atoms with Gasteiger partial charge in [0, 0.05) is 17.7 Å². The molecule has 0 aliphatic rings. The van der Waals surface area contributed by atoms with E-state index in [4.69, 9.17) is 0 Å². The van der Waals surface area contributed by atoms with Crippen molar-refractivity contribution in [3.05, 3.63) is 75.5 Å². The Hall–Kier alpha value is -3.83. The molecule has 1 amide bonds. The third-order valence-corrected chi connectivity index (χ3v) is 4.45. The summed E-state index contributed by atoms with van der Waals surface area (Å²) < 4.78 is 67.9. The van der Waals surface area contributed by atoms with Gasteiger partial charge in [-0.3, -0.25) is 19.6 Å². The molecule has 1 aromatic heterocycles. The summed E-state index contributed by atoms with van der Waals surface area (Å²) in [4.78, 5) is 23.2. The van der Waals surface area contributed by atoms with Gasteiger partial charge in [-0.1, -0.05) is 6.07 Å². The van der Waals surface area contributed by atoms with E-state index in [1.807, 2.05) is 5.32 Å². The molecule has 1 heterocycles. The zero-order valence-corrected chi connectivity index (χ0v) is 16.6. The van der Waals surface area contributed by atoms with Crippen LogP contribution in [0.1, 0.15) is 35.9 Å². The Morgan fingerprint density at radius 3 is 2.28 bits per heavy atom. The van der Waals surface area contributed by atoms with Crippen LogP contribution in [0.25, 0.3) is 11.3 Å². The molecule has 2 aromatic carbocycles. The number of carbonyl (C=O) groups excluding carboxylic acids is 1. The van der Waals surface area contributed by atoms with E-state index in [9.17, 15) is 36.9 Å². The van der Waals surface area contributed by atoms with E-state index in [-0.39, 0.29) is 16.8 Å². The van der Waals surface area contributed by atoms with Gasteiger partial charge in [0.2, 0.25) is 0 Å². The predicted molar refractivity (Wildman–Crippen MR) is 104 cm³/mol. The van der Waals surface area contributed by atoms with Crippen molar-refractivity contribution >= 4 is 17.3 Å². The first kappa shape index (κ1) is 22.8. The van der Waals surface area contributed by atoms with Crippen LogP contribution in [0.3, 0.4) is 0 Å². The molecule has 12 heteroatoms. The first-order chi connectivity index (χ1) is 14.9. The quantitative estimate of drug-likeness (QED) is 0.309. The van der Waals surface area contributed by atoms with Crippen LogP contribution in [0.15, 0.2) is 42.5 Å². The van der Waals surface area contributed by atoms with E-state index in [1.165, 1.54) is 0 Å². The van der Waals surface area contributed by atoms with Crippen molar-refractivity contribution in [1.29, 1.82) is 0 Å². The SMILES string of the molecule is CC(C)n1nc(C(F)(F)F)cc1-c1ccc(C(=O)Nc2c(F)cccc2F)cc1[N+](=O)[O-]. The number of amides is 1. The Kier molecular flexibility index (Phi) is 5.97. The molecule has 0 spiro atoms. The third-order valence-electron chi connectivity index (χ3n) is 4.45. The molecule has 168 valence electrons. The highest BCUT2D eigenvalue weighted by atomic mass is 19.4. The standard InChI is InChI=1S/C20H15F5N4O3/c1-10(2)28-15(9-17(27-28)20(23,24)25)12-7-6-11(8-16(12)29(31)32)19(30)26-18-13(21)4-3-5-14(18)22/h3-10H,1-2H3,(H,26,30). The van der Waals surface area contributed by atoms with Gasteiger partial charge in [0.15, 0.2) is 5.69 Å². The van der Waals surface area contributed by atoms with Crippen LogP contribution in [0.4, 0.5) is 33.3 Å². The lowest BCUT2D eigenvalue weighted by Crippen LogP contribution is -2.15. The lowest BCUT2D eigenvalue weighted by Gasteiger charge is -2.12. The minimum Gasteiger partial charge on any atom is -0.317 e. The zero-order valence-electron chi connectivity index (χ0n) is 16.6. The van der Waals surface area contributed by atoms with Crippen LogP contribution in [-0.4, -0.2) is 20.6 Å². The first-order valence-electron chi connectivity index (χ1n) is 9.11. The topological polar surface area (TPSA) is 90.1 Å². The summed E-state index contributed by atoms with van der Waals surface area (Å²) in [6.45, 7) is 3.10. The highest BCUT2D eigenvalue weighted by molar-refractivity contribution is 6.05. The van der Waals surface area contributed by atoms with Crippen LogP contribution in [0.2, 0.25) is 0 Å². The van der Waals surface area contributed by atoms with Gasteiger partial charge >= 0.3 is 6.18 Å². The Balaban J connectivity index is 2.07. The number of anilines is 1. The average molecular weight is 454 g/mol. The summed E-state index contributed by atoms with van der Waals surface area (Å²) in [5.41, 5.74) is -3.35. The lowest BCUT2D eigenvalue weighted by atomic mass is 10.0. The number of benzene rings is 2. The Labute approximate surface area is 177 Å². The highest BCUT2D eigenvalue weighted by Crippen LogP contribution is 2.37. The molecular weight excluding hydrogens is 439 g/mol. The van der Waals surface area contributed by atoms with E-state index >= 15 is 0 Å². The molecule has 32 heavy (non-hydrogen) atoms. The molecule has 7 nitrogen and oxygen atoms in total. The van der Waals surface area contributed by atoms with Crippen molar-refractivity contribution in [2.45, 2.75) is 26.1 Å². The maximum absolute atomic E-state index is 13.8. The van der Waals surface area contributed by atoms with Gasteiger partial charge in [-0.05, 0) is 44.2 Å². The number of alkyl halides is 3. The second-order valence-electron chi connectivity index (χ2n) is 6.99. The summed E-state index contributed by atoms with van der Waals surface area (Å²) in [5, 5.41) is 17.1. The predicted octanol–water partition coefficient (Wildman–Crippen LogP) is 5.59. The molecule has 0 unspecified atom stereocenters. The number of aromatic nitrogens is 2. The van der Waals surface area contributed by atoms with Crippen molar-refractivity contribution in [2.75, 3.05) is 5.32 Å². The molecule has 0 atom stereocenters. The second-order valence-corrected chi connectivity index (χ2v) is 6.99. The van der Waals surface area contributed by atoms with Crippen molar-refractivity contribution in [1.82, 2.24) is 9.78 Å². The fraction of sp³-hybridized carbons (Fsp3) is 0.200. The molecule has 0 aliphatic heterocycles. The fourth-order valence-electron chi connectivity index (χ4n) is 2.97. The summed E-state index contributed by atoms with van der Waals surface area (Å²) >= 11 is 0. The Morgan fingerprint density at radius 2 is 1.75 bits per heavy atom. The minimum atomic E-state index is -4.77. The van der Waals surface area contributed by atoms with Crippen molar-refractivity contribution in [3.63, 3.8) is 0 Å². The number of nitrogens with zero attached hydrogens (tertiary/aromatic N) is 3. The normalized spacial score (nSPS) is 11.6. The van der Waals surface area contributed by atoms with Crippen LogP contribution < -0.4 is 5.32 Å². The number of rotatable bonds is 5. The van der Waals surface area contributed by atoms with E-state index in [2.05, 4.69) is 5.10 Å². The van der Waals surface area contributed by atoms with Gasteiger partial charge in [-0.25, -0.2) is 8.78 Å². The second kappa shape index (κ2) is 8.36. The Morgan fingerprint density at radius 1 is 1.12 bits per heavy atom. The molecule has 0 fully saturated rings. The van der Waals surface area contributed by atoms with Crippen molar-refractivity contribution in [2.24, 2.45) is 0 Å².